The van der Waals surface area contributed by atoms with Gasteiger partial charge in [0.05, 0.1) is 5.69 Å². The fourth-order valence-electron chi connectivity index (χ4n) is 4.81. The van der Waals surface area contributed by atoms with Crippen molar-refractivity contribution in [3.05, 3.63) is 42.0 Å². The summed E-state index contributed by atoms with van der Waals surface area (Å²) in [4.78, 5) is 26.3. The number of carbonyl (C=O) groups is 1. The molecule has 1 saturated carbocycles. The molecular weight excluding hydrogens is 379 g/mol. The van der Waals surface area contributed by atoms with Gasteiger partial charge in [0, 0.05) is 56.3 Å². The standard InChI is InChI=1S/C24H31FN4O/c1-28(2)24-26-15-20(19-12-6-7-13-21(19)25)22(27-24)18-11-8-14-29(16-18)23(30)17-9-4-3-5-10-17/h6-7,12-13,15,17-18H,3-5,8-11,14,16H2,1-2H3/t18-/m1/s1. The minimum Gasteiger partial charge on any atom is -0.347 e. The molecule has 160 valence electrons. The molecule has 30 heavy (non-hydrogen) atoms. The summed E-state index contributed by atoms with van der Waals surface area (Å²) in [6.45, 7) is 1.47. The quantitative estimate of drug-likeness (QED) is 0.737. The maximum Gasteiger partial charge on any atom is 0.225 e. The van der Waals surface area contributed by atoms with Crippen molar-refractivity contribution in [2.24, 2.45) is 5.92 Å². The molecule has 2 fully saturated rings. The molecule has 2 aliphatic rings. The molecule has 2 heterocycles. The lowest BCUT2D eigenvalue weighted by Gasteiger charge is -2.36. The Morgan fingerprint density at radius 1 is 1.07 bits per heavy atom. The van der Waals surface area contributed by atoms with Crippen molar-refractivity contribution in [1.82, 2.24) is 14.9 Å². The number of hydrogen-bond donors (Lipinski definition) is 0. The van der Waals surface area contributed by atoms with E-state index in [1.807, 2.05) is 30.0 Å². The molecule has 0 N–H and O–H groups in total. The van der Waals surface area contributed by atoms with Crippen LogP contribution in [0.4, 0.5) is 10.3 Å². The van der Waals surface area contributed by atoms with Gasteiger partial charge in [-0.05, 0) is 31.7 Å². The van der Waals surface area contributed by atoms with Crippen molar-refractivity contribution in [3.8, 4) is 11.1 Å². The van der Waals surface area contributed by atoms with E-state index in [9.17, 15) is 9.18 Å². The van der Waals surface area contributed by atoms with Crippen molar-refractivity contribution in [2.45, 2.75) is 50.9 Å². The minimum absolute atomic E-state index is 0.0857. The molecule has 1 aromatic heterocycles. The molecule has 1 atom stereocenters. The van der Waals surface area contributed by atoms with E-state index in [4.69, 9.17) is 4.98 Å². The lowest BCUT2D eigenvalue weighted by atomic mass is 9.86. The Kier molecular flexibility index (Phi) is 6.30. The number of likely N-dealkylation sites (tertiary alicyclic amines) is 1. The molecule has 4 rings (SSSR count). The van der Waals surface area contributed by atoms with Crippen LogP contribution >= 0.6 is 0 Å². The molecule has 0 unspecified atom stereocenters. The second kappa shape index (κ2) is 9.11. The average molecular weight is 411 g/mol. The van der Waals surface area contributed by atoms with Crippen molar-refractivity contribution >= 4 is 11.9 Å². The van der Waals surface area contributed by atoms with Gasteiger partial charge in [-0.15, -0.1) is 0 Å². The van der Waals surface area contributed by atoms with Crippen molar-refractivity contribution in [2.75, 3.05) is 32.1 Å². The number of aromatic nitrogens is 2. The SMILES string of the molecule is CN(C)c1ncc(-c2ccccc2F)c([C@@H]2CCCN(C(=O)C3CCCCC3)C2)n1. The highest BCUT2D eigenvalue weighted by atomic mass is 19.1. The molecule has 1 saturated heterocycles. The van der Waals surface area contributed by atoms with Gasteiger partial charge < -0.3 is 9.80 Å². The number of piperidine rings is 1. The lowest BCUT2D eigenvalue weighted by molar-refractivity contribution is -0.137. The summed E-state index contributed by atoms with van der Waals surface area (Å²) in [5.41, 5.74) is 2.10. The zero-order chi connectivity index (χ0) is 21.1. The predicted octanol–water partition coefficient (Wildman–Crippen LogP) is 4.64. The van der Waals surface area contributed by atoms with E-state index >= 15 is 0 Å². The first-order chi connectivity index (χ1) is 14.5. The van der Waals surface area contributed by atoms with Gasteiger partial charge in [0.25, 0.3) is 0 Å². The van der Waals surface area contributed by atoms with E-state index in [-0.39, 0.29) is 17.7 Å². The summed E-state index contributed by atoms with van der Waals surface area (Å²) >= 11 is 0. The Morgan fingerprint density at radius 3 is 2.57 bits per heavy atom. The van der Waals surface area contributed by atoms with E-state index in [1.165, 1.54) is 12.5 Å². The number of nitrogens with zero attached hydrogens (tertiary/aromatic N) is 4. The first kappa shape index (κ1) is 20.8. The van der Waals surface area contributed by atoms with Gasteiger partial charge in [0.1, 0.15) is 5.82 Å². The maximum absolute atomic E-state index is 14.6. The van der Waals surface area contributed by atoms with Crippen molar-refractivity contribution in [3.63, 3.8) is 0 Å². The highest BCUT2D eigenvalue weighted by Gasteiger charge is 2.32. The van der Waals surface area contributed by atoms with Crippen LogP contribution in [0.3, 0.4) is 0 Å². The van der Waals surface area contributed by atoms with Crippen molar-refractivity contribution in [1.29, 1.82) is 0 Å². The molecule has 1 amide bonds. The normalized spacial score (nSPS) is 20.2. The monoisotopic (exact) mass is 410 g/mol. The van der Waals surface area contributed by atoms with Gasteiger partial charge in [-0.3, -0.25) is 4.79 Å². The van der Waals surface area contributed by atoms with Gasteiger partial charge in [-0.2, -0.15) is 0 Å². The largest absolute Gasteiger partial charge is 0.347 e. The molecule has 0 spiro atoms. The third-order valence-electron chi connectivity index (χ3n) is 6.44. The molecule has 6 heteroatoms. The fourth-order valence-corrected chi connectivity index (χ4v) is 4.81. The zero-order valence-electron chi connectivity index (χ0n) is 18.0. The molecule has 2 aromatic rings. The summed E-state index contributed by atoms with van der Waals surface area (Å²) in [6, 6.07) is 6.78. The van der Waals surface area contributed by atoms with Crippen LogP contribution in [0.15, 0.2) is 30.5 Å². The minimum atomic E-state index is -0.272. The number of halogens is 1. The lowest BCUT2D eigenvalue weighted by Crippen LogP contribution is -2.43. The smallest absolute Gasteiger partial charge is 0.225 e. The maximum atomic E-state index is 14.6. The molecular formula is C24H31FN4O. The summed E-state index contributed by atoms with van der Waals surface area (Å²) in [5, 5.41) is 0. The van der Waals surface area contributed by atoms with E-state index < -0.39 is 0 Å². The second-order valence-corrected chi connectivity index (χ2v) is 8.80. The Labute approximate surface area is 178 Å². The van der Waals surface area contributed by atoms with Crippen LogP contribution in [0.1, 0.15) is 56.6 Å². The Bertz CT molecular complexity index is 895. The Balaban J connectivity index is 1.65. The Hall–Kier alpha value is -2.50. The van der Waals surface area contributed by atoms with Crippen LogP contribution in [-0.2, 0) is 4.79 Å². The van der Waals surface area contributed by atoms with E-state index in [0.29, 0.717) is 24.0 Å². The van der Waals surface area contributed by atoms with Gasteiger partial charge >= 0.3 is 0 Å². The third kappa shape index (κ3) is 4.32. The number of hydrogen-bond acceptors (Lipinski definition) is 4. The van der Waals surface area contributed by atoms with E-state index in [2.05, 4.69) is 4.98 Å². The fraction of sp³-hybridized carbons (Fsp3) is 0.542. The summed E-state index contributed by atoms with van der Waals surface area (Å²) < 4.78 is 14.6. The second-order valence-electron chi connectivity index (χ2n) is 8.80. The number of anilines is 1. The van der Waals surface area contributed by atoms with Crippen LogP contribution in [0.2, 0.25) is 0 Å². The summed E-state index contributed by atoms with van der Waals surface area (Å²) in [6.07, 6.45) is 9.20. The van der Waals surface area contributed by atoms with Crippen LogP contribution in [0.25, 0.3) is 11.1 Å². The summed E-state index contributed by atoms with van der Waals surface area (Å²) in [7, 11) is 3.81. The Morgan fingerprint density at radius 2 is 1.83 bits per heavy atom. The zero-order valence-corrected chi connectivity index (χ0v) is 18.0. The first-order valence-electron chi connectivity index (χ1n) is 11.1. The highest BCUT2D eigenvalue weighted by Crippen LogP contribution is 2.36. The average Bonchev–Trinajstić information content (AvgIpc) is 2.79. The van der Waals surface area contributed by atoms with Gasteiger partial charge in [0.2, 0.25) is 11.9 Å². The van der Waals surface area contributed by atoms with Gasteiger partial charge in [-0.1, -0.05) is 37.5 Å². The molecule has 0 radical (unpaired) electrons. The van der Waals surface area contributed by atoms with Crippen LogP contribution in [0, 0.1) is 11.7 Å². The van der Waals surface area contributed by atoms with Crippen LogP contribution in [-0.4, -0.2) is 48.0 Å². The van der Waals surface area contributed by atoms with E-state index in [1.54, 1.807) is 18.3 Å². The number of carbonyl (C=O) groups excluding carboxylic acids is 1. The highest BCUT2D eigenvalue weighted by molar-refractivity contribution is 5.79. The van der Waals surface area contributed by atoms with Crippen LogP contribution in [0.5, 0.6) is 0 Å². The number of benzene rings is 1. The number of rotatable bonds is 4. The first-order valence-corrected chi connectivity index (χ1v) is 11.1. The molecule has 0 bridgehead atoms. The van der Waals surface area contributed by atoms with Gasteiger partial charge in [-0.25, -0.2) is 14.4 Å². The summed E-state index contributed by atoms with van der Waals surface area (Å²) in [5.74, 6) is 0.898. The number of amides is 1. The van der Waals surface area contributed by atoms with Crippen molar-refractivity contribution < 1.29 is 9.18 Å². The molecule has 1 aliphatic carbocycles. The molecule has 1 aromatic carbocycles. The van der Waals surface area contributed by atoms with E-state index in [0.717, 1.165) is 56.3 Å². The van der Waals surface area contributed by atoms with Crippen LogP contribution < -0.4 is 4.90 Å². The molecule has 5 nitrogen and oxygen atoms in total. The predicted molar refractivity (Wildman–Crippen MR) is 117 cm³/mol. The third-order valence-corrected chi connectivity index (χ3v) is 6.44. The topological polar surface area (TPSA) is 49.3 Å². The molecule has 1 aliphatic heterocycles. The van der Waals surface area contributed by atoms with Gasteiger partial charge in [0.15, 0.2) is 0 Å².